The smallest absolute Gasteiger partial charge is 0.336 e. The van der Waals surface area contributed by atoms with Crippen LogP contribution in [0.4, 0.5) is 4.39 Å². The lowest BCUT2D eigenvalue weighted by Gasteiger charge is -2.06. The van der Waals surface area contributed by atoms with Crippen LogP contribution in [0.15, 0.2) is 40.6 Å². The molecule has 0 aliphatic heterocycles. The van der Waals surface area contributed by atoms with E-state index in [1.165, 1.54) is 18.2 Å². The summed E-state index contributed by atoms with van der Waals surface area (Å²) in [4.78, 5) is 15.1. The molecule has 0 unspecified atom stereocenters. The molecule has 17 heavy (non-hydrogen) atoms. The van der Waals surface area contributed by atoms with Crippen LogP contribution in [-0.4, -0.2) is 20.6 Å². The van der Waals surface area contributed by atoms with Crippen LogP contribution in [0.3, 0.4) is 0 Å². The van der Waals surface area contributed by atoms with Crippen LogP contribution in [-0.2, 0) is 7.05 Å². The molecule has 4 nitrogen and oxygen atoms in total. The van der Waals surface area contributed by atoms with Crippen LogP contribution in [0, 0.1) is 5.82 Å². The van der Waals surface area contributed by atoms with E-state index in [1.54, 1.807) is 24.0 Å². The van der Waals surface area contributed by atoms with Crippen LogP contribution in [0.1, 0.15) is 10.4 Å². The zero-order valence-electron chi connectivity index (χ0n) is 8.92. The van der Waals surface area contributed by atoms with Crippen LogP contribution in [0.5, 0.6) is 0 Å². The number of aromatic carboxylic acids is 1. The van der Waals surface area contributed by atoms with Crippen molar-refractivity contribution in [3.8, 4) is 0 Å². The Kier molecular flexibility index (Phi) is 3.14. The molecule has 0 atom stereocenters. The van der Waals surface area contributed by atoms with Gasteiger partial charge in [-0.05, 0) is 23.9 Å². The van der Waals surface area contributed by atoms with Crippen molar-refractivity contribution in [1.82, 2.24) is 9.55 Å². The number of hydrogen-bond donors (Lipinski definition) is 1. The first kappa shape index (κ1) is 11.7. The van der Waals surface area contributed by atoms with E-state index in [2.05, 4.69) is 4.98 Å². The highest BCUT2D eigenvalue weighted by atomic mass is 32.2. The van der Waals surface area contributed by atoms with Gasteiger partial charge in [0.05, 0.1) is 10.5 Å². The minimum absolute atomic E-state index is 0.0574. The Morgan fingerprint density at radius 1 is 1.53 bits per heavy atom. The minimum atomic E-state index is -1.15. The molecule has 1 aromatic carbocycles. The summed E-state index contributed by atoms with van der Waals surface area (Å²) in [5.74, 6) is -1.71. The third-order valence-electron chi connectivity index (χ3n) is 2.17. The summed E-state index contributed by atoms with van der Waals surface area (Å²) in [6, 6.07) is 3.98. The molecule has 1 heterocycles. The van der Waals surface area contributed by atoms with E-state index in [4.69, 9.17) is 5.11 Å². The van der Waals surface area contributed by atoms with Gasteiger partial charge in [-0.1, -0.05) is 6.07 Å². The number of nitrogens with zero attached hydrogens (tertiary/aromatic N) is 2. The molecule has 0 spiro atoms. The zero-order valence-corrected chi connectivity index (χ0v) is 9.74. The van der Waals surface area contributed by atoms with Crippen molar-refractivity contribution in [1.29, 1.82) is 0 Å². The normalized spacial score (nSPS) is 10.5. The van der Waals surface area contributed by atoms with E-state index < -0.39 is 11.8 Å². The topological polar surface area (TPSA) is 55.1 Å². The molecule has 0 fully saturated rings. The van der Waals surface area contributed by atoms with Gasteiger partial charge in [-0.25, -0.2) is 14.2 Å². The lowest BCUT2D eigenvalue weighted by Crippen LogP contribution is -2.01. The molecule has 0 saturated carbocycles. The fourth-order valence-corrected chi connectivity index (χ4v) is 2.25. The second-order valence-corrected chi connectivity index (χ2v) is 4.32. The monoisotopic (exact) mass is 252 g/mol. The maximum Gasteiger partial charge on any atom is 0.336 e. The van der Waals surface area contributed by atoms with Gasteiger partial charge in [0.15, 0.2) is 5.16 Å². The molecule has 88 valence electrons. The molecule has 0 radical (unpaired) electrons. The molecular formula is C11H9FN2O2S. The largest absolute Gasteiger partial charge is 0.478 e. The molecule has 6 heteroatoms. The summed E-state index contributed by atoms with van der Waals surface area (Å²) in [5, 5.41) is 9.52. The van der Waals surface area contributed by atoms with Gasteiger partial charge < -0.3 is 9.67 Å². The lowest BCUT2D eigenvalue weighted by atomic mass is 10.2. The van der Waals surface area contributed by atoms with Crippen molar-refractivity contribution in [3.05, 3.63) is 42.0 Å². The first-order chi connectivity index (χ1) is 8.09. The van der Waals surface area contributed by atoms with E-state index in [0.29, 0.717) is 5.16 Å². The number of benzene rings is 1. The second kappa shape index (κ2) is 4.58. The van der Waals surface area contributed by atoms with Gasteiger partial charge in [0.2, 0.25) is 0 Å². The zero-order chi connectivity index (χ0) is 12.4. The SMILES string of the molecule is Cn1ccnc1Sc1c(F)cccc1C(=O)O. The maximum absolute atomic E-state index is 13.6. The molecule has 1 aromatic heterocycles. The number of imidazole rings is 1. The molecule has 1 N–H and O–H groups in total. The Morgan fingerprint density at radius 3 is 2.88 bits per heavy atom. The highest BCUT2D eigenvalue weighted by Gasteiger charge is 2.16. The number of aryl methyl sites for hydroxylation is 1. The van der Waals surface area contributed by atoms with Crippen LogP contribution in [0.25, 0.3) is 0 Å². The fraction of sp³-hybridized carbons (Fsp3) is 0.0909. The number of aromatic nitrogens is 2. The minimum Gasteiger partial charge on any atom is -0.478 e. The van der Waals surface area contributed by atoms with Gasteiger partial charge in [-0.2, -0.15) is 0 Å². The predicted octanol–water partition coefficient (Wildman–Crippen LogP) is 2.41. The van der Waals surface area contributed by atoms with Crippen molar-refractivity contribution < 1.29 is 14.3 Å². The Morgan fingerprint density at radius 2 is 2.29 bits per heavy atom. The van der Waals surface area contributed by atoms with Gasteiger partial charge in [0.1, 0.15) is 5.82 Å². The average Bonchev–Trinajstić information content (AvgIpc) is 2.67. The van der Waals surface area contributed by atoms with Crippen LogP contribution >= 0.6 is 11.8 Å². The van der Waals surface area contributed by atoms with E-state index in [1.807, 2.05) is 0 Å². The third-order valence-corrected chi connectivity index (χ3v) is 3.36. The first-order valence-corrected chi connectivity index (χ1v) is 5.58. The van der Waals surface area contributed by atoms with Gasteiger partial charge in [-0.15, -0.1) is 0 Å². The van der Waals surface area contributed by atoms with Crippen molar-refractivity contribution in [2.45, 2.75) is 10.1 Å². The molecule has 0 bridgehead atoms. The van der Waals surface area contributed by atoms with Crippen molar-refractivity contribution in [2.24, 2.45) is 7.05 Å². The quantitative estimate of drug-likeness (QED) is 0.911. The molecule has 0 amide bonds. The van der Waals surface area contributed by atoms with Gasteiger partial charge in [0, 0.05) is 19.4 Å². The summed E-state index contributed by atoms with van der Waals surface area (Å²) in [7, 11) is 1.76. The number of carboxylic acids is 1. The molecule has 2 aromatic rings. The summed E-state index contributed by atoms with van der Waals surface area (Å²) in [6.07, 6.45) is 3.28. The maximum atomic E-state index is 13.6. The van der Waals surface area contributed by atoms with E-state index in [-0.39, 0.29) is 10.5 Å². The summed E-state index contributed by atoms with van der Waals surface area (Å²) in [5.41, 5.74) is -0.0574. The Balaban J connectivity index is 2.45. The third kappa shape index (κ3) is 2.31. The Hall–Kier alpha value is -1.82. The molecule has 0 saturated heterocycles. The number of carboxylic acid groups (broad SMARTS) is 1. The van der Waals surface area contributed by atoms with Crippen LogP contribution < -0.4 is 0 Å². The molecule has 0 aliphatic rings. The number of carbonyl (C=O) groups is 1. The Labute approximate surface area is 101 Å². The Bertz CT molecular complexity index is 568. The lowest BCUT2D eigenvalue weighted by molar-refractivity contribution is 0.0692. The molecular weight excluding hydrogens is 243 g/mol. The highest BCUT2D eigenvalue weighted by Crippen LogP contribution is 2.31. The van der Waals surface area contributed by atoms with E-state index >= 15 is 0 Å². The first-order valence-electron chi connectivity index (χ1n) is 4.76. The predicted molar refractivity (Wildman–Crippen MR) is 60.7 cm³/mol. The standard InChI is InChI=1S/C11H9FN2O2S/c1-14-6-5-13-11(14)17-9-7(10(15)16)3-2-4-8(9)12/h2-6H,1H3,(H,15,16). The highest BCUT2D eigenvalue weighted by molar-refractivity contribution is 7.99. The van der Waals surface area contributed by atoms with Crippen molar-refractivity contribution >= 4 is 17.7 Å². The van der Waals surface area contributed by atoms with Crippen molar-refractivity contribution in [2.75, 3.05) is 0 Å². The number of halogens is 1. The summed E-state index contributed by atoms with van der Waals surface area (Å²) < 4.78 is 15.3. The summed E-state index contributed by atoms with van der Waals surface area (Å²) in [6.45, 7) is 0. The van der Waals surface area contributed by atoms with Gasteiger partial charge in [0.25, 0.3) is 0 Å². The molecule has 0 aliphatic carbocycles. The summed E-state index contributed by atoms with van der Waals surface area (Å²) >= 11 is 0.998. The van der Waals surface area contributed by atoms with Crippen molar-refractivity contribution in [3.63, 3.8) is 0 Å². The number of hydrogen-bond acceptors (Lipinski definition) is 3. The van der Waals surface area contributed by atoms with E-state index in [9.17, 15) is 9.18 Å². The molecule has 2 rings (SSSR count). The fourth-order valence-electron chi connectivity index (χ4n) is 1.32. The van der Waals surface area contributed by atoms with Gasteiger partial charge in [-0.3, -0.25) is 0 Å². The van der Waals surface area contributed by atoms with Crippen LogP contribution in [0.2, 0.25) is 0 Å². The number of rotatable bonds is 3. The second-order valence-electron chi connectivity index (χ2n) is 3.34. The average molecular weight is 252 g/mol. The van der Waals surface area contributed by atoms with Gasteiger partial charge >= 0.3 is 5.97 Å². The van der Waals surface area contributed by atoms with E-state index in [0.717, 1.165) is 11.8 Å².